The maximum absolute atomic E-state index is 12.0. The summed E-state index contributed by atoms with van der Waals surface area (Å²) in [6, 6.07) is 6.53. The number of imidazole rings is 1. The van der Waals surface area contributed by atoms with Gasteiger partial charge in [0.1, 0.15) is 5.75 Å². The molecule has 7 nitrogen and oxygen atoms in total. The predicted molar refractivity (Wildman–Crippen MR) is 88.7 cm³/mol. The van der Waals surface area contributed by atoms with Crippen molar-refractivity contribution in [1.82, 2.24) is 20.2 Å². The molecular weight excluding hydrogens is 308 g/mol. The van der Waals surface area contributed by atoms with Gasteiger partial charge in [-0.3, -0.25) is 9.69 Å². The van der Waals surface area contributed by atoms with Gasteiger partial charge in [0.15, 0.2) is 0 Å². The number of hydrogen-bond donors (Lipinski definition) is 3. The van der Waals surface area contributed by atoms with Crippen molar-refractivity contribution in [2.45, 2.75) is 19.1 Å². The van der Waals surface area contributed by atoms with E-state index in [4.69, 9.17) is 4.74 Å². The van der Waals surface area contributed by atoms with Gasteiger partial charge in [-0.05, 0) is 18.6 Å². The lowest BCUT2D eigenvalue weighted by atomic mass is 10.1. The normalized spacial score (nSPS) is 18.4. The fourth-order valence-corrected chi connectivity index (χ4v) is 2.82. The summed E-state index contributed by atoms with van der Waals surface area (Å²) in [4.78, 5) is 21.5. The average Bonchev–Trinajstić information content (AvgIpc) is 3.08. The Morgan fingerprint density at radius 3 is 3.12 bits per heavy atom. The highest BCUT2D eigenvalue weighted by molar-refractivity contribution is 5.96. The highest BCUT2D eigenvalue weighted by Gasteiger charge is 2.21. The van der Waals surface area contributed by atoms with Gasteiger partial charge < -0.3 is 20.1 Å². The Labute approximate surface area is 140 Å². The number of amides is 1. The number of benzene rings is 1. The monoisotopic (exact) mass is 330 g/mol. The van der Waals surface area contributed by atoms with Crippen molar-refractivity contribution in [2.24, 2.45) is 0 Å². The molecule has 3 N–H and O–H groups in total. The van der Waals surface area contributed by atoms with Crippen LogP contribution in [0.1, 0.15) is 22.5 Å². The molecule has 2 heterocycles. The molecule has 1 atom stereocenters. The van der Waals surface area contributed by atoms with Gasteiger partial charge in [0, 0.05) is 38.1 Å². The molecular formula is C17H22N4O3. The minimum absolute atomic E-state index is 0.00495. The van der Waals surface area contributed by atoms with Gasteiger partial charge in [0.05, 0.1) is 24.6 Å². The molecule has 1 amide bonds. The van der Waals surface area contributed by atoms with Crippen LogP contribution in [0.15, 0.2) is 36.8 Å². The number of aromatic amines is 1. The molecule has 0 radical (unpaired) electrons. The lowest BCUT2D eigenvalue weighted by molar-refractivity contribution is -0.0345. The smallest absolute Gasteiger partial charge is 0.255 e. The SMILES string of the molecule is O=C(NCCC1CN(Cc2cnc[nH]2)CCO1)c1ccccc1O. The number of H-pyrrole nitrogens is 1. The molecule has 0 aliphatic carbocycles. The zero-order valence-electron chi connectivity index (χ0n) is 13.4. The highest BCUT2D eigenvalue weighted by Crippen LogP contribution is 2.15. The van der Waals surface area contributed by atoms with Crippen molar-refractivity contribution in [3.8, 4) is 5.75 Å². The Bertz CT molecular complexity index is 660. The van der Waals surface area contributed by atoms with E-state index in [9.17, 15) is 9.90 Å². The molecule has 0 saturated carbocycles. The number of rotatable bonds is 6. The van der Waals surface area contributed by atoms with Crippen molar-refractivity contribution < 1.29 is 14.6 Å². The molecule has 1 aliphatic rings. The summed E-state index contributed by atoms with van der Waals surface area (Å²) < 4.78 is 5.77. The van der Waals surface area contributed by atoms with Gasteiger partial charge in [-0.25, -0.2) is 4.98 Å². The summed E-state index contributed by atoms with van der Waals surface area (Å²) >= 11 is 0. The Morgan fingerprint density at radius 1 is 1.46 bits per heavy atom. The quantitative estimate of drug-likeness (QED) is 0.739. The van der Waals surface area contributed by atoms with Crippen molar-refractivity contribution in [1.29, 1.82) is 0 Å². The molecule has 1 aromatic carbocycles. The van der Waals surface area contributed by atoms with Crippen LogP contribution >= 0.6 is 0 Å². The third-order valence-electron chi connectivity index (χ3n) is 4.07. The van der Waals surface area contributed by atoms with Crippen molar-refractivity contribution in [3.05, 3.63) is 48.0 Å². The number of morpholine rings is 1. The fraction of sp³-hybridized carbons (Fsp3) is 0.412. The summed E-state index contributed by atoms with van der Waals surface area (Å²) in [6.45, 7) is 3.73. The first-order valence-corrected chi connectivity index (χ1v) is 8.10. The van der Waals surface area contributed by atoms with Crippen LogP contribution in [0.5, 0.6) is 5.75 Å². The van der Waals surface area contributed by atoms with Gasteiger partial charge in [-0.1, -0.05) is 12.1 Å². The number of carbonyl (C=O) groups is 1. The molecule has 0 bridgehead atoms. The van der Waals surface area contributed by atoms with Crippen LogP contribution in [0.2, 0.25) is 0 Å². The lowest BCUT2D eigenvalue weighted by Gasteiger charge is -2.32. The van der Waals surface area contributed by atoms with E-state index in [1.54, 1.807) is 24.5 Å². The topological polar surface area (TPSA) is 90.5 Å². The van der Waals surface area contributed by atoms with E-state index >= 15 is 0 Å². The number of hydrogen-bond acceptors (Lipinski definition) is 5. The van der Waals surface area contributed by atoms with E-state index in [1.165, 1.54) is 6.07 Å². The summed E-state index contributed by atoms with van der Waals surface area (Å²) in [5, 5.41) is 12.5. The van der Waals surface area contributed by atoms with E-state index in [0.717, 1.165) is 31.7 Å². The molecule has 1 saturated heterocycles. The number of nitrogens with zero attached hydrogens (tertiary/aromatic N) is 2. The number of aromatic nitrogens is 2. The molecule has 1 fully saturated rings. The average molecular weight is 330 g/mol. The number of phenols is 1. The van der Waals surface area contributed by atoms with Crippen molar-refractivity contribution in [2.75, 3.05) is 26.2 Å². The molecule has 3 rings (SSSR count). The van der Waals surface area contributed by atoms with Gasteiger partial charge in [-0.15, -0.1) is 0 Å². The van der Waals surface area contributed by atoms with Gasteiger partial charge in [-0.2, -0.15) is 0 Å². The number of nitrogens with one attached hydrogen (secondary N) is 2. The predicted octanol–water partition coefficient (Wildman–Crippen LogP) is 1.14. The largest absolute Gasteiger partial charge is 0.507 e. The van der Waals surface area contributed by atoms with E-state index in [1.807, 2.05) is 6.20 Å². The second kappa shape index (κ2) is 7.94. The summed E-state index contributed by atoms with van der Waals surface area (Å²) in [5.41, 5.74) is 1.38. The van der Waals surface area contributed by atoms with Crippen LogP contribution in [-0.4, -0.2) is 58.2 Å². The minimum atomic E-state index is -0.266. The summed E-state index contributed by atoms with van der Waals surface area (Å²) in [6.07, 6.45) is 4.34. The Kier molecular flexibility index (Phi) is 5.45. The number of aromatic hydroxyl groups is 1. The van der Waals surface area contributed by atoms with Crippen LogP contribution in [0.4, 0.5) is 0 Å². The van der Waals surface area contributed by atoms with E-state index in [0.29, 0.717) is 18.7 Å². The number of ether oxygens (including phenoxy) is 1. The Hall–Kier alpha value is -2.38. The summed E-state index contributed by atoms with van der Waals surface area (Å²) in [5.74, 6) is -0.270. The highest BCUT2D eigenvalue weighted by atomic mass is 16.5. The Balaban J connectivity index is 1.43. The van der Waals surface area contributed by atoms with Crippen molar-refractivity contribution in [3.63, 3.8) is 0 Å². The maximum atomic E-state index is 12.0. The zero-order valence-corrected chi connectivity index (χ0v) is 13.4. The second-order valence-electron chi connectivity index (χ2n) is 5.87. The Morgan fingerprint density at radius 2 is 2.33 bits per heavy atom. The van der Waals surface area contributed by atoms with E-state index in [-0.39, 0.29) is 17.8 Å². The number of phenolic OH excluding ortho intramolecular Hbond substituents is 1. The maximum Gasteiger partial charge on any atom is 0.255 e. The first kappa shape index (κ1) is 16.5. The standard InChI is InChI=1S/C17H22N4O3/c22-16-4-2-1-3-15(16)17(23)19-6-5-14-11-21(7-8-24-14)10-13-9-18-12-20-13/h1-4,9,12,14,22H,5-8,10-11H2,(H,18,20)(H,19,23). The first-order valence-electron chi connectivity index (χ1n) is 8.10. The number of carbonyl (C=O) groups excluding carboxylic acids is 1. The van der Waals surface area contributed by atoms with Crippen LogP contribution < -0.4 is 5.32 Å². The molecule has 1 aliphatic heterocycles. The third-order valence-corrected chi connectivity index (χ3v) is 4.07. The minimum Gasteiger partial charge on any atom is -0.507 e. The van der Waals surface area contributed by atoms with E-state index in [2.05, 4.69) is 20.2 Å². The van der Waals surface area contributed by atoms with Crippen LogP contribution in [0.25, 0.3) is 0 Å². The zero-order chi connectivity index (χ0) is 16.8. The molecule has 1 unspecified atom stereocenters. The van der Waals surface area contributed by atoms with Crippen LogP contribution in [-0.2, 0) is 11.3 Å². The fourth-order valence-electron chi connectivity index (χ4n) is 2.82. The molecule has 0 spiro atoms. The molecule has 24 heavy (non-hydrogen) atoms. The lowest BCUT2D eigenvalue weighted by Crippen LogP contribution is -2.43. The van der Waals surface area contributed by atoms with Gasteiger partial charge in [0.25, 0.3) is 5.91 Å². The molecule has 2 aromatic rings. The molecule has 7 heteroatoms. The van der Waals surface area contributed by atoms with Gasteiger partial charge in [0.2, 0.25) is 0 Å². The van der Waals surface area contributed by atoms with E-state index < -0.39 is 0 Å². The molecule has 1 aromatic heterocycles. The first-order chi connectivity index (χ1) is 11.7. The second-order valence-corrected chi connectivity index (χ2v) is 5.87. The molecule has 128 valence electrons. The summed E-state index contributed by atoms with van der Waals surface area (Å²) in [7, 11) is 0. The van der Waals surface area contributed by atoms with Crippen molar-refractivity contribution >= 4 is 5.91 Å². The third kappa shape index (κ3) is 4.33. The number of para-hydroxylation sites is 1. The van der Waals surface area contributed by atoms with Crippen LogP contribution in [0.3, 0.4) is 0 Å². The van der Waals surface area contributed by atoms with Gasteiger partial charge >= 0.3 is 0 Å². The van der Waals surface area contributed by atoms with Crippen LogP contribution in [0, 0.1) is 0 Å².